The van der Waals surface area contributed by atoms with Gasteiger partial charge in [-0.05, 0) is 32.0 Å². The Morgan fingerprint density at radius 2 is 1.95 bits per heavy atom. The average molecular weight is 281 g/mol. The highest BCUT2D eigenvalue weighted by Crippen LogP contribution is 2.25. The number of hydrogen-bond acceptors (Lipinski definition) is 5. The number of methoxy groups -OCH3 is 1. The van der Waals surface area contributed by atoms with Gasteiger partial charge < -0.3 is 19.5 Å². The first-order valence-electron chi connectivity index (χ1n) is 6.90. The van der Waals surface area contributed by atoms with E-state index in [1.165, 1.54) is 0 Å². The van der Waals surface area contributed by atoms with Gasteiger partial charge in [-0.3, -0.25) is 4.79 Å². The number of rotatable bonds is 10. The maximum Gasteiger partial charge on any atom is 0.305 e. The summed E-state index contributed by atoms with van der Waals surface area (Å²) in [4.78, 5) is 11.1. The molecule has 5 nitrogen and oxygen atoms in total. The smallest absolute Gasteiger partial charge is 0.305 e. The SMILES string of the molecule is CCOC(=O)CCCNCCOc1ccccc1OC. The zero-order chi connectivity index (χ0) is 14.6. The minimum absolute atomic E-state index is 0.139. The lowest BCUT2D eigenvalue weighted by atomic mass is 10.3. The molecular formula is C15H23NO4. The van der Waals surface area contributed by atoms with Crippen molar-refractivity contribution in [3.05, 3.63) is 24.3 Å². The molecule has 1 N–H and O–H groups in total. The van der Waals surface area contributed by atoms with E-state index in [-0.39, 0.29) is 5.97 Å². The van der Waals surface area contributed by atoms with E-state index in [2.05, 4.69) is 5.32 Å². The number of carbonyl (C=O) groups excluding carboxylic acids is 1. The van der Waals surface area contributed by atoms with Crippen LogP contribution < -0.4 is 14.8 Å². The van der Waals surface area contributed by atoms with E-state index in [0.717, 1.165) is 31.0 Å². The molecule has 20 heavy (non-hydrogen) atoms. The molecule has 0 atom stereocenters. The number of hydrogen-bond donors (Lipinski definition) is 1. The standard InChI is InChI=1S/C15H23NO4/c1-3-19-15(17)9-6-10-16-11-12-20-14-8-5-4-7-13(14)18-2/h4-5,7-8,16H,3,6,9-12H2,1-2H3. The van der Waals surface area contributed by atoms with Crippen molar-refractivity contribution >= 4 is 5.97 Å². The van der Waals surface area contributed by atoms with Crippen LogP contribution in [-0.4, -0.2) is 39.4 Å². The number of para-hydroxylation sites is 2. The summed E-state index contributed by atoms with van der Waals surface area (Å²) < 4.78 is 15.7. The minimum Gasteiger partial charge on any atom is -0.493 e. The summed E-state index contributed by atoms with van der Waals surface area (Å²) >= 11 is 0. The van der Waals surface area contributed by atoms with Crippen LogP contribution in [0.3, 0.4) is 0 Å². The van der Waals surface area contributed by atoms with E-state index in [1.54, 1.807) is 7.11 Å². The molecule has 0 bridgehead atoms. The summed E-state index contributed by atoms with van der Waals surface area (Å²) in [6, 6.07) is 7.55. The van der Waals surface area contributed by atoms with Crippen LogP contribution in [0.2, 0.25) is 0 Å². The van der Waals surface area contributed by atoms with Gasteiger partial charge in [-0.15, -0.1) is 0 Å². The Labute approximate surface area is 120 Å². The van der Waals surface area contributed by atoms with Crippen molar-refractivity contribution < 1.29 is 19.0 Å². The molecule has 0 amide bonds. The largest absolute Gasteiger partial charge is 0.493 e. The van der Waals surface area contributed by atoms with Crippen LogP contribution >= 0.6 is 0 Å². The van der Waals surface area contributed by atoms with Gasteiger partial charge in [0.15, 0.2) is 11.5 Å². The molecule has 0 heterocycles. The van der Waals surface area contributed by atoms with Crippen LogP contribution in [0, 0.1) is 0 Å². The fraction of sp³-hybridized carbons (Fsp3) is 0.533. The lowest BCUT2D eigenvalue weighted by Gasteiger charge is -2.10. The second kappa shape index (κ2) is 10.1. The molecule has 1 rings (SSSR count). The first-order valence-corrected chi connectivity index (χ1v) is 6.90. The molecule has 0 spiro atoms. The second-order valence-corrected chi connectivity index (χ2v) is 4.16. The monoisotopic (exact) mass is 281 g/mol. The average Bonchev–Trinajstić information content (AvgIpc) is 2.47. The molecule has 0 aromatic heterocycles. The van der Waals surface area contributed by atoms with Gasteiger partial charge in [0.2, 0.25) is 0 Å². The van der Waals surface area contributed by atoms with Crippen molar-refractivity contribution in [2.75, 3.05) is 33.4 Å². The van der Waals surface area contributed by atoms with Crippen molar-refractivity contribution in [2.45, 2.75) is 19.8 Å². The molecule has 0 saturated carbocycles. The van der Waals surface area contributed by atoms with Crippen LogP contribution in [0.15, 0.2) is 24.3 Å². The Balaban J connectivity index is 2.06. The number of nitrogens with one attached hydrogen (secondary N) is 1. The van der Waals surface area contributed by atoms with Crippen LogP contribution in [0.25, 0.3) is 0 Å². The minimum atomic E-state index is -0.139. The topological polar surface area (TPSA) is 56.8 Å². The van der Waals surface area contributed by atoms with Crippen molar-refractivity contribution in [2.24, 2.45) is 0 Å². The molecule has 1 aromatic rings. The zero-order valence-electron chi connectivity index (χ0n) is 12.2. The third-order valence-electron chi connectivity index (χ3n) is 2.65. The Morgan fingerprint density at radius 3 is 2.65 bits per heavy atom. The lowest BCUT2D eigenvalue weighted by molar-refractivity contribution is -0.143. The molecule has 0 aliphatic rings. The number of benzene rings is 1. The number of ether oxygens (including phenoxy) is 3. The Bertz CT molecular complexity index is 395. The lowest BCUT2D eigenvalue weighted by Crippen LogP contribution is -2.22. The quantitative estimate of drug-likeness (QED) is 0.525. The summed E-state index contributed by atoms with van der Waals surface area (Å²) in [5.74, 6) is 1.33. The molecule has 0 fully saturated rings. The number of carbonyl (C=O) groups is 1. The fourth-order valence-corrected chi connectivity index (χ4v) is 1.69. The molecule has 0 aliphatic carbocycles. The molecule has 5 heteroatoms. The van der Waals surface area contributed by atoms with Gasteiger partial charge in [0.25, 0.3) is 0 Å². The van der Waals surface area contributed by atoms with Crippen molar-refractivity contribution in [3.63, 3.8) is 0 Å². The number of esters is 1. The zero-order valence-corrected chi connectivity index (χ0v) is 12.2. The van der Waals surface area contributed by atoms with Gasteiger partial charge in [-0.2, -0.15) is 0 Å². The summed E-state index contributed by atoms with van der Waals surface area (Å²) in [7, 11) is 1.62. The van der Waals surface area contributed by atoms with E-state index >= 15 is 0 Å². The fourth-order valence-electron chi connectivity index (χ4n) is 1.69. The highest BCUT2D eigenvalue weighted by molar-refractivity contribution is 5.69. The van der Waals surface area contributed by atoms with E-state index < -0.39 is 0 Å². The first-order chi connectivity index (χ1) is 9.77. The van der Waals surface area contributed by atoms with Gasteiger partial charge in [0, 0.05) is 13.0 Å². The second-order valence-electron chi connectivity index (χ2n) is 4.16. The first kappa shape index (κ1) is 16.3. The van der Waals surface area contributed by atoms with E-state index in [9.17, 15) is 4.79 Å². The predicted octanol–water partition coefficient (Wildman–Crippen LogP) is 2.01. The van der Waals surface area contributed by atoms with E-state index in [4.69, 9.17) is 14.2 Å². The molecule has 0 unspecified atom stereocenters. The highest BCUT2D eigenvalue weighted by Gasteiger charge is 2.02. The maximum absolute atomic E-state index is 11.1. The Morgan fingerprint density at radius 1 is 1.20 bits per heavy atom. The summed E-state index contributed by atoms with van der Waals surface area (Å²) in [5.41, 5.74) is 0. The van der Waals surface area contributed by atoms with Gasteiger partial charge in [0.1, 0.15) is 6.61 Å². The normalized spacial score (nSPS) is 10.1. The van der Waals surface area contributed by atoms with Crippen LogP contribution in [0.1, 0.15) is 19.8 Å². The van der Waals surface area contributed by atoms with Gasteiger partial charge in [-0.25, -0.2) is 0 Å². The predicted molar refractivity (Wildman–Crippen MR) is 77.2 cm³/mol. The van der Waals surface area contributed by atoms with Gasteiger partial charge in [0.05, 0.1) is 13.7 Å². The molecule has 0 radical (unpaired) electrons. The molecule has 0 saturated heterocycles. The van der Waals surface area contributed by atoms with Crippen molar-refractivity contribution in [1.29, 1.82) is 0 Å². The third-order valence-corrected chi connectivity index (χ3v) is 2.65. The van der Waals surface area contributed by atoms with Gasteiger partial charge >= 0.3 is 5.97 Å². The molecule has 1 aromatic carbocycles. The van der Waals surface area contributed by atoms with E-state index in [0.29, 0.717) is 19.6 Å². The summed E-state index contributed by atoms with van der Waals surface area (Å²) in [5, 5.41) is 3.22. The summed E-state index contributed by atoms with van der Waals surface area (Å²) in [6.45, 7) is 4.30. The highest BCUT2D eigenvalue weighted by atomic mass is 16.5. The Kier molecular flexibility index (Phi) is 8.22. The van der Waals surface area contributed by atoms with E-state index in [1.807, 2.05) is 31.2 Å². The maximum atomic E-state index is 11.1. The van der Waals surface area contributed by atoms with Crippen LogP contribution in [0.4, 0.5) is 0 Å². The summed E-state index contributed by atoms with van der Waals surface area (Å²) in [6.07, 6.45) is 1.22. The Hall–Kier alpha value is -1.75. The van der Waals surface area contributed by atoms with Crippen LogP contribution in [-0.2, 0) is 9.53 Å². The van der Waals surface area contributed by atoms with Crippen LogP contribution in [0.5, 0.6) is 11.5 Å². The third kappa shape index (κ3) is 6.43. The molecular weight excluding hydrogens is 258 g/mol. The molecule has 112 valence electrons. The van der Waals surface area contributed by atoms with Crippen molar-refractivity contribution in [1.82, 2.24) is 5.32 Å². The van der Waals surface area contributed by atoms with Crippen molar-refractivity contribution in [3.8, 4) is 11.5 Å². The van der Waals surface area contributed by atoms with Gasteiger partial charge in [-0.1, -0.05) is 12.1 Å². The molecule has 0 aliphatic heterocycles.